The van der Waals surface area contributed by atoms with Crippen molar-refractivity contribution >= 4 is 0 Å². The smallest absolute Gasteiger partial charge is 0.0573 e. The first kappa shape index (κ1) is 11.6. The fourth-order valence-corrected chi connectivity index (χ4v) is 2.27. The van der Waals surface area contributed by atoms with E-state index in [0.717, 1.165) is 12.5 Å². The van der Waals surface area contributed by atoms with Crippen LogP contribution in [0.1, 0.15) is 50.8 Å². The quantitative estimate of drug-likeness (QED) is 0.792. The molecule has 1 N–H and O–H groups in total. The first-order chi connectivity index (χ1) is 7.90. The van der Waals surface area contributed by atoms with E-state index in [1.165, 1.54) is 37.8 Å². The molecule has 1 aromatic heterocycles. The average molecular weight is 218 g/mol. The molecule has 88 valence electrons. The highest BCUT2D eigenvalue weighted by atomic mass is 14.9. The number of nitrogens with one attached hydrogen (secondary N) is 1. The molecule has 1 fully saturated rings. The van der Waals surface area contributed by atoms with Gasteiger partial charge < -0.3 is 5.32 Å². The molecule has 0 bridgehead atoms. The van der Waals surface area contributed by atoms with Gasteiger partial charge in [0.25, 0.3) is 0 Å². The maximum Gasteiger partial charge on any atom is 0.0573 e. The molecule has 2 heteroatoms. The second-order valence-corrected chi connectivity index (χ2v) is 4.79. The maximum absolute atomic E-state index is 4.48. The summed E-state index contributed by atoms with van der Waals surface area (Å²) >= 11 is 0. The number of rotatable bonds is 6. The Morgan fingerprint density at radius 1 is 1.44 bits per heavy atom. The zero-order valence-corrected chi connectivity index (χ0v) is 10.2. The van der Waals surface area contributed by atoms with Crippen LogP contribution in [0, 0.1) is 5.92 Å². The fraction of sp³-hybridized carbons (Fsp3) is 0.643. The lowest BCUT2D eigenvalue weighted by molar-refractivity contribution is 0.259. The lowest BCUT2D eigenvalue weighted by Crippen LogP contribution is -2.27. The molecule has 1 aromatic rings. The Hall–Kier alpha value is -0.890. The number of hydrogen-bond donors (Lipinski definition) is 1. The minimum Gasteiger partial charge on any atom is -0.309 e. The van der Waals surface area contributed by atoms with Crippen LogP contribution in [0.15, 0.2) is 24.4 Å². The summed E-state index contributed by atoms with van der Waals surface area (Å²) in [6.45, 7) is 3.31. The summed E-state index contributed by atoms with van der Waals surface area (Å²) in [6.07, 6.45) is 8.60. The third kappa shape index (κ3) is 3.05. The van der Waals surface area contributed by atoms with Crippen molar-refractivity contribution in [3.63, 3.8) is 0 Å². The molecule has 0 aromatic carbocycles. The highest BCUT2D eigenvalue weighted by Crippen LogP contribution is 2.34. The normalized spacial score (nSPS) is 18.1. The molecule has 2 rings (SSSR count). The molecule has 0 saturated heterocycles. The van der Waals surface area contributed by atoms with Crippen LogP contribution >= 0.6 is 0 Å². The predicted molar refractivity (Wildman–Crippen MR) is 67.2 cm³/mol. The summed E-state index contributed by atoms with van der Waals surface area (Å²) in [5.74, 6) is 0.927. The van der Waals surface area contributed by atoms with E-state index in [0.29, 0.717) is 6.04 Å². The zero-order valence-electron chi connectivity index (χ0n) is 10.2. The van der Waals surface area contributed by atoms with Crippen molar-refractivity contribution in [1.29, 1.82) is 0 Å². The summed E-state index contributed by atoms with van der Waals surface area (Å²) in [7, 11) is 0. The molecule has 1 aliphatic carbocycles. The summed E-state index contributed by atoms with van der Waals surface area (Å²) in [4.78, 5) is 4.48. The predicted octanol–water partition coefficient (Wildman–Crippen LogP) is 3.31. The largest absolute Gasteiger partial charge is 0.309 e. The Morgan fingerprint density at radius 3 is 2.88 bits per heavy atom. The van der Waals surface area contributed by atoms with Crippen molar-refractivity contribution in [2.45, 2.75) is 45.1 Å². The maximum atomic E-state index is 4.48. The van der Waals surface area contributed by atoms with E-state index in [4.69, 9.17) is 0 Å². The third-order valence-corrected chi connectivity index (χ3v) is 3.48. The Labute approximate surface area is 98.5 Å². The molecule has 1 heterocycles. The van der Waals surface area contributed by atoms with Gasteiger partial charge >= 0.3 is 0 Å². The number of pyridine rings is 1. The minimum atomic E-state index is 0.464. The van der Waals surface area contributed by atoms with Crippen molar-refractivity contribution in [3.8, 4) is 0 Å². The van der Waals surface area contributed by atoms with E-state index in [1.54, 1.807) is 0 Å². The van der Waals surface area contributed by atoms with Crippen molar-refractivity contribution in [2.75, 3.05) is 6.54 Å². The van der Waals surface area contributed by atoms with Crippen LogP contribution in [0.25, 0.3) is 0 Å². The second kappa shape index (κ2) is 6.00. The van der Waals surface area contributed by atoms with Crippen LogP contribution in [0.2, 0.25) is 0 Å². The number of nitrogens with zero attached hydrogens (tertiary/aromatic N) is 1. The molecule has 0 amide bonds. The van der Waals surface area contributed by atoms with Gasteiger partial charge in [-0.2, -0.15) is 0 Å². The van der Waals surface area contributed by atoms with Crippen LogP contribution in [-0.2, 0) is 0 Å². The molecule has 0 radical (unpaired) electrons. The van der Waals surface area contributed by atoms with E-state index in [2.05, 4.69) is 29.4 Å². The Morgan fingerprint density at radius 2 is 2.31 bits per heavy atom. The zero-order chi connectivity index (χ0) is 11.2. The Kier molecular flexibility index (Phi) is 4.34. The monoisotopic (exact) mass is 218 g/mol. The van der Waals surface area contributed by atoms with Crippen LogP contribution in [0.5, 0.6) is 0 Å². The van der Waals surface area contributed by atoms with Gasteiger partial charge in [-0.3, -0.25) is 4.98 Å². The van der Waals surface area contributed by atoms with Gasteiger partial charge in [-0.15, -0.1) is 0 Å². The molecule has 1 saturated carbocycles. The van der Waals surface area contributed by atoms with E-state index in [9.17, 15) is 0 Å². The first-order valence-corrected chi connectivity index (χ1v) is 6.54. The van der Waals surface area contributed by atoms with Crippen molar-refractivity contribution < 1.29 is 0 Å². The topological polar surface area (TPSA) is 24.9 Å². The molecule has 0 aliphatic heterocycles. The molecule has 1 atom stereocenters. The molecule has 16 heavy (non-hydrogen) atoms. The molecule has 2 nitrogen and oxygen atoms in total. The van der Waals surface area contributed by atoms with E-state index < -0.39 is 0 Å². The fourth-order valence-electron chi connectivity index (χ4n) is 2.27. The van der Waals surface area contributed by atoms with Gasteiger partial charge in [0.2, 0.25) is 0 Å². The Balaban J connectivity index is 1.95. The van der Waals surface area contributed by atoms with Gasteiger partial charge in [-0.05, 0) is 37.4 Å². The van der Waals surface area contributed by atoms with Gasteiger partial charge in [0.1, 0.15) is 0 Å². The second-order valence-electron chi connectivity index (χ2n) is 4.79. The van der Waals surface area contributed by atoms with Gasteiger partial charge in [0, 0.05) is 12.2 Å². The van der Waals surface area contributed by atoms with Crippen LogP contribution in [0.3, 0.4) is 0 Å². The van der Waals surface area contributed by atoms with Crippen LogP contribution in [0.4, 0.5) is 0 Å². The lowest BCUT2D eigenvalue weighted by atomic mass is 9.80. The van der Waals surface area contributed by atoms with Crippen LogP contribution < -0.4 is 5.32 Å². The SMILES string of the molecule is CCCNC(CC1CCC1)c1ccccn1. The van der Waals surface area contributed by atoms with Gasteiger partial charge in [0.05, 0.1) is 5.69 Å². The highest BCUT2D eigenvalue weighted by molar-refractivity contribution is 5.09. The molecule has 1 aliphatic rings. The van der Waals surface area contributed by atoms with Crippen molar-refractivity contribution in [1.82, 2.24) is 10.3 Å². The van der Waals surface area contributed by atoms with E-state index in [1.807, 2.05) is 12.3 Å². The van der Waals surface area contributed by atoms with Gasteiger partial charge in [-0.25, -0.2) is 0 Å². The van der Waals surface area contributed by atoms with Crippen molar-refractivity contribution in [3.05, 3.63) is 30.1 Å². The van der Waals surface area contributed by atoms with Gasteiger partial charge in [0.15, 0.2) is 0 Å². The van der Waals surface area contributed by atoms with E-state index >= 15 is 0 Å². The standard InChI is InChI=1S/C14H22N2/c1-2-9-15-14(11-12-6-5-7-12)13-8-3-4-10-16-13/h3-4,8,10,12,14-15H,2,5-7,9,11H2,1H3. The summed E-state index contributed by atoms with van der Waals surface area (Å²) in [5.41, 5.74) is 1.21. The molecular formula is C14H22N2. The summed E-state index contributed by atoms with van der Waals surface area (Å²) in [5, 5.41) is 3.62. The number of aromatic nitrogens is 1. The van der Waals surface area contributed by atoms with Crippen molar-refractivity contribution in [2.24, 2.45) is 5.92 Å². The molecule has 1 unspecified atom stereocenters. The van der Waals surface area contributed by atoms with Gasteiger partial charge in [-0.1, -0.05) is 32.3 Å². The average Bonchev–Trinajstić information content (AvgIpc) is 2.28. The number of hydrogen-bond acceptors (Lipinski definition) is 2. The molecular weight excluding hydrogens is 196 g/mol. The first-order valence-electron chi connectivity index (χ1n) is 6.54. The highest BCUT2D eigenvalue weighted by Gasteiger charge is 2.23. The Bertz CT molecular complexity index is 293. The van der Waals surface area contributed by atoms with Crippen LogP contribution in [-0.4, -0.2) is 11.5 Å². The molecule has 0 spiro atoms. The summed E-state index contributed by atoms with van der Waals surface area (Å²) < 4.78 is 0. The third-order valence-electron chi connectivity index (χ3n) is 3.48. The lowest BCUT2D eigenvalue weighted by Gasteiger charge is -2.30. The minimum absolute atomic E-state index is 0.464. The van der Waals surface area contributed by atoms with E-state index in [-0.39, 0.29) is 0 Å². The summed E-state index contributed by atoms with van der Waals surface area (Å²) in [6, 6.07) is 6.69.